The molecule has 2 rings (SSSR count). The van der Waals surface area contributed by atoms with Gasteiger partial charge in [0.2, 0.25) is 5.91 Å². The first-order chi connectivity index (χ1) is 14.5. The van der Waals surface area contributed by atoms with Gasteiger partial charge >= 0.3 is 0 Å². The molecule has 0 aromatic heterocycles. The Labute approximate surface area is 179 Å². The second kappa shape index (κ2) is 11.4. The summed E-state index contributed by atoms with van der Waals surface area (Å²) in [6.45, 7) is 10.1. The van der Waals surface area contributed by atoms with Crippen molar-refractivity contribution < 1.29 is 19.1 Å². The van der Waals surface area contributed by atoms with Crippen molar-refractivity contribution >= 4 is 23.8 Å². The van der Waals surface area contributed by atoms with E-state index in [-0.39, 0.29) is 18.4 Å². The Morgan fingerprint density at radius 2 is 2.00 bits per heavy atom. The van der Waals surface area contributed by atoms with Gasteiger partial charge in [-0.2, -0.15) is 0 Å². The zero-order valence-electron chi connectivity index (χ0n) is 18.3. The fraction of sp³-hybridized carbons (Fsp3) is 0.522. The van der Waals surface area contributed by atoms with Crippen LogP contribution in [0.5, 0.6) is 5.75 Å². The SMILES string of the molecule is C=C1c2cccc(OCC(=O)N(CCC)CCC)c2CN1C(CCC=O)C(=O)NC. The number of nitrogens with zero attached hydrogens (tertiary/aromatic N) is 2. The molecule has 7 nitrogen and oxygen atoms in total. The number of hydrogen-bond acceptors (Lipinski definition) is 5. The largest absolute Gasteiger partial charge is 0.483 e. The van der Waals surface area contributed by atoms with Crippen LogP contribution >= 0.6 is 0 Å². The third-order valence-corrected chi connectivity index (χ3v) is 5.29. The molecule has 2 amide bonds. The minimum atomic E-state index is -0.487. The number of amides is 2. The average molecular weight is 416 g/mol. The molecule has 1 heterocycles. The van der Waals surface area contributed by atoms with E-state index in [0.29, 0.717) is 25.1 Å². The average Bonchev–Trinajstić information content (AvgIpc) is 3.09. The van der Waals surface area contributed by atoms with Gasteiger partial charge in [-0.05, 0) is 25.3 Å². The summed E-state index contributed by atoms with van der Waals surface area (Å²) in [5.41, 5.74) is 2.53. The summed E-state index contributed by atoms with van der Waals surface area (Å²) >= 11 is 0. The molecular weight excluding hydrogens is 382 g/mol. The van der Waals surface area contributed by atoms with Crippen LogP contribution in [0.15, 0.2) is 24.8 Å². The Balaban J connectivity index is 2.16. The summed E-state index contributed by atoms with van der Waals surface area (Å²) in [5, 5.41) is 2.67. The smallest absolute Gasteiger partial charge is 0.260 e. The van der Waals surface area contributed by atoms with Crippen molar-refractivity contribution in [2.75, 3.05) is 26.7 Å². The molecule has 7 heteroatoms. The van der Waals surface area contributed by atoms with Crippen molar-refractivity contribution in [3.05, 3.63) is 35.9 Å². The fourth-order valence-corrected chi connectivity index (χ4v) is 3.81. The molecular formula is C23H33N3O4. The van der Waals surface area contributed by atoms with Gasteiger partial charge in [-0.25, -0.2) is 0 Å². The highest BCUT2D eigenvalue weighted by atomic mass is 16.5. The molecule has 1 N–H and O–H groups in total. The highest BCUT2D eigenvalue weighted by Crippen LogP contribution is 2.39. The van der Waals surface area contributed by atoms with Gasteiger partial charge in [0, 0.05) is 49.9 Å². The summed E-state index contributed by atoms with van der Waals surface area (Å²) in [6, 6.07) is 5.16. The molecule has 0 spiro atoms. The normalized spacial score (nSPS) is 13.6. The highest BCUT2D eigenvalue weighted by Gasteiger charge is 2.33. The summed E-state index contributed by atoms with van der Waals surface area (Å²) in [5.74, 6) is 0.445. The number of carbonyl (C=O) groups is 3. The molecule has 0 radical (unpaired) electrons. The molecule has 1 atom stereocenters. The number of hydrogen-bond donors (Lipinski definition) is 1. The molecule has 0 aliphatic carbocycles. The van der Waals surface area contributed by atoms with Crippen molar-refractivity contribution in [1.29, 1.82) is 0 Å². The minimum Gasteiger partial charge on any atom is -0.483 e. The van der Waals surface area contributed by atoms with E-state index in [4.69, 9.17) is 4.74 Å². The summed E-state index contributed by atoms with van der Waals surface area (Å²) < 4.78 is 5.91. The lowest BCUT2D eigenvalue weighted by molar-refractivity contribution is -0.133. The Morgan fingerprint density at radius 3 is 2.60 bits per heavy atom. The highest BCUT2D eigenvalue weighted by molar-refractivity contribution is 5.85. The molecule has 0 saturated carbocycles. The summed E-state index contributed by atoms with van der Waals surface area (Å²) in [7, 11) is 1.58. The van der Waals surface area contributed by atoms with E-state index in [9.17, 15) is 14.4 Å². The van der Waals surface area contributed by atoms with E-state index >= 15 is 0 Å². The molecule has 0 saturated heterocycles. The lowest BCUT2D eigenvalue weighted by Gasteiger charge is -2.28. The van der Waals surface area contributed by atoms with Gasteiger partial charge in [-0.15, -0.1) is 0 Å². The van der Waals surface area contributed by atoms with Crippen LogP contribution in [0.2, 0.25) is 0 Å². The number of benzene rings is 1. The predicted molar refractivity (Wildman–Crippen MR) is 117 cm³/mol. The maximum Gasteiger partial charge on any atom is 0.260 e. The number of fused-ring (bicyclic) bond motifs is 1. The zero-order valence-corrected chi connectivity index (χ0v) is 18.3. The third kappa shape index (κ3) is 5.40. The van der Waals surface area contributed by atoms with Crippen LogP contribution in [0.25, 0.3) is 5.70 Å². The molecule has 30 heavy (non-hydrogen) atoms. The first-order valence-corrected chi connectivity index (χ1v) is 10.6. The summed E-state index contributed by atoms with van der Waals surface area (Å²) in [4.78, 5) is 39.6. The van der Waals surface area contributed by atoms with Crippen molar-refractivity contribution in [2.24, 2.45) is 0 Å². The van der Waals surface area contributed by atoms with Crippen LogP contribution in [-0.2, 0) is 20.9 Å². The quantitative estimate of drug-likeness (QED) is 0.531. The Kier molecular flexibility index (Phi) is 8.89. The lowest BCUT2D eigenvalue weighted by Crippen LogP contribution is -2.43. The molecule has 0 bridgehead atoms. The van der Waals surface area contributed by atoms with E-state index < -0.39 is 6.04 Å². The maximum atomic E-state index is 12.6. The van der Waals surface area contributed by atoms with Crippen LogP contribution < -0.4 is 10.1 Å². The Bertz CT molecular complexity index is 772. The molecule has 1 unspecified atom stereocenters. The van der Waals surface area contributed by atoms with E-state index in [0.717, 1.165) is 49.0 Å². The fourth-order valence-electron chi connectivity index (χ4n) is 3.81. The Hall–Kier alpha value is -2.83. The van der Waals surface area contributed by atoms with Crippen LogP contribution in [0.3, 0.4) is 0 Å². The van der Waals surface area contributed by atoms with Crippen LogP contribution in [0, 0.1) is 0 Å². The van der Waals surface area contributed by atoms with Gasteiger partial charge in [-0.3, -0.25) is 9.59 Å². The van der Waals surface area contributed by atoms with Gasteiger partial charge in [0.15, 0.2) is 6.61 Å². The van der Waals surface area contributed by atoms with Gasteiger partial charge in [-0.1, -0.05) is 32.6 Å². The van der Waals surface area contributed by atoms with Gasteiger partial charge in [0.25, 0.3) is 5.91 Å². The van der Waals surface area contributed by atoms with Gasteiger partial charge in [0.1, 0.15) is 18.1 Å². The maximum absolute atomic E-state index is 12.6. The molecule has 1 aromatic carbocycles. The number of aldehydes is 1. The number of carbonyl (C=O) groups excluding carboxylic acids is 3. The van der Waals surface area contributed by atoms with Crippen LogP contribution in [0.4, 0.5) is 0 Å². The number of rotatable bonds is 12. The molecule has 1 aliphatic heterocycles. The van der Waals surface area contributed by atoms with Crippen molar-refractivity contribution in [3.8, 4) is 5.75 Å². The first-order valence-electron chi connectivity index (χ1n) is 10.6. The van der Waals surface area contributed by atoms with Gasteiger partial charge in [0.05, 0.1) is 0 Å². The summed E-state index contributed by atoms with van der Waals surface area (Å²) in [6.07, 6.45) is 3.33. The number of likely N-dealkylation sites (N-methyl/N-ethyl adjacent to an activating group) is 1. The third-order valence-electron chi connectivity index (χ3n) is 5.29. The van der Waals surface area contributed by atoms with E-state index in [1.165, 1.54) is 0 Å². The van der Waals surface area contributed by atoms with Crippen molar-refractivity contribution in [3.63, 3.8) is 0 Å². The van der Waals surface area contributed by atoms with Crippen LogP contribution in [-0.4, -0.2) is 60.7 Å². The monoisotopic (exact) mass is 415 g/mol. The van der Waals surface area contributed by atoms with Gasteiger partial charge < -0.3 is 24.6 Å². The zero-order chi connectivity index (χ0) is 22.1. The second-order valence-corrected chi connectivity index (χ2v) is 7.40. The molecule has 1 aromatic rings. The predicted octanol–water partition coefficient (Wildman–Crippen LogP) is 2.59. The Morgan fingerprint density at radius 1 is 1.30 bits per heavy atom. The standard InChI is InChI=1S/C23H33N3O4/c1-5-12-25(13-6-2)22(28)16-30-21-11-7-9-18-17(3)26(15-19(18)21)20(10-8-14-27)23(29)24-4/h7,9,11,14,20H,3,5-6,8,10,12-13,15-16H2,1-2,4H3,(H,24,29). The topological polar surface area (TPSA) is 79.0 Å². The molecule has 164 valence electrons. The molecule has 0 fully saturated rings. The van der Waals surface area contributed by atoms with E-state index in [2.05, 4.69) is 25.7 Å². The van der Waals surface area contributed by atoms with Crippen molar-refractivity contribution in [2.45, 2.75) is 52.1 Å². The second-order valence-electron chi connectivity index (χ2n) is 7.40. The molecule has 1 aliphatic rings. The number of nitrogens with one attached hydrogen (secondary N) is 1. The van der Waals surface area contributed by atoms with E-state index in [1.807, 2.05) is 28.0 Å². The lowest BCUT2D eigenvalue weighted by atomic mass is 10.1. The number of ether oxygens (including phenoxy) is 1. The van der Waals surface area contributed by atoms with E-state index in [1.54, 1.807) is 7.05 Å². The minimum absolute atomic E-state index is 0.0209. The van der Waals surface area contributed by atoms with Crippen LogP contribution in [0.1, 0.15) is 50.7 Å². The van der Waals surface area contributed by atoms with Crippen molar-refractivity contribution in [1.82, 2.24) is 15.1 Å². The first kappa shape index (κ1) is 23.4.